The van der Waals surface area contributed by atoms with Crippen LogP contribution in [0.15, 0.2) is 101 Å². The van der Waals surface area contributed by atoms with E-state index in [0.29, 0.717) is 45.3 Å². The highest BCUT2D eigenvalue weighted by Crippen LogP contribution is 2.29. The zero-order valence-electron chi connectivity index (χ0n) is 21.2. The molecule has 0 fully saturated rings. The lowest BCUT2D eigenvalue weighted by Gasteiger charge is -2.11. The molecule has 40 heavy (non-hydrogen) atoms. The zero-order chi connectivity index (χ0) is 28.5. The fourth-order valence-corrected chi connectivity index (χ4v) is 3.87. The Morgan fingerprint density at radius 3 is 2.30 bits per heavy atom. The number of carbonyl (C=O) groups is 3. The van der Waals surface area contributed by atoms with E-state index < -0.39 is 11.9 Å². The van der Waals surface area contributed by atoms with Crippen molar-refractivity contribution in [2.75, 3.05) is 11.9 Å². The first-order valence-corrected chi connectivity index (χ1v) is 13.2. The lowest BCUT2D eigenvalue weighted by molar-refractivity contribution is 0.0728. The number of nitrogens with zero attached hydrogens (tertiary/aromatic N) is 1. The number of hydrazone groups is 1. The first-order chi connectivity index (χ1) is 19.3. The van der Waals surface area contributed by atoms with Gasteiger partial charge in [-0.1, -0.05) is 33.6 Å². The van der Waals surface area contributed by atoms with Crippen molar-refractivity contribution >= 4 is 57.2 Å². The summed E-state index contributed by atoms with van der Waals surface area (Å²) >= 11 is 9.21. The molecular weight excluding hydrogens is 598 g/mol. The molecule has 2 amide bonds. The van der Waals surface area contributed by atoms with Gasteiger partial charge in [0.05, 0.1) is 18.4 Å². The van der Waals surface area contributed by atoms with E-state index in [1.807, 2.05) is 6.92 Å². The number of rotatable bonds is 9. The van der Waals surface area contributed by atoms with Crippen molar-refractivity contribution in [1.29, 1.82) is 0 Å². The van der Waals surface area contributed by atoms with Crippen LogP contribution < -0.4 is 20.2 Å². The van der Waals surface area contributed by atoms with Crippen LogP contribution in [0, 0.1) is 0 Å². The molecule has 0 aliphatic heterocycles. The van der Waals surface area contributed by atoms with Gasteiger partial charge in [0.1, 0.15) is 0 Å². The second-order valence-electron chi connectivity index (χ2n) is 8.28. The molecule has 10 heteroatoms. The number of esters is 1. The smallest absolute Gasteiger partial charge is 0.343 e. The number of hydrogen-bond donors (Lipinski definition) is 2. The predicted octanol–water partition coefficient (Wildman–Crippen LogP) is 6.74. The summed E-state index contributed by atoms with van der Waals surface area (Å²) in [4.78, 5) is 37.6. The lowest BCUT2D eigenvalue weighted by Crippen LogP contribution is -2.18. The molecule has 0 aromatic heterocycles. The van der Waals surface area contributed by atoms with Crippen LogP contribution in [0.3, 0.4) is 0 Å². The van der Waals surface area contributed by atoms with E-state index in [1.165, 1.54) is 6.21 Å². The molecule has 0 saturated carbocycles. The summed E-state index contributed by atoms with van der Waals surface area (Å²) < 4.78 is 12.0. The van der Waals surface area contributed by atoms with Crippen molar-refractivity contribution in [3.8, 4) is 11.5 Å². The van der Waals surface area contributed by atoms with Crippen LogP contribution >= 0.6 is 27.5 Å². The predicted molar refractivity (Wildman–Crippen MR) is 158 cm³/mol. The molecule has 0 atom stereocenters. The van der Waals surface area contributed by atoms with Gasteiger partial charge in [0.25, 0.3) is 11.8 Å². The number of ether oxygens (including phenoxy) is 2. The molecule has 4 aromatic rings. The summed E-state index contributed by atoms with van der Waals surface area (Å²) in [6.45, 7) is 2.17. The second kappa shape index (κ2) is 13.5. The van der Waals surface area contributed by atoms with Gasteiger partial charge in [-0.15, -0.1) is 0 Å². The maximum Gasteiger partial charge on any atom is 0.343 e. The lowest BCUT2D eigenvalue weighted by atomic mass is 10.1. The minimum absolute atomic E-state index is 0.258. The monoisotopic (exact) mass is 619 g/mol. The van der Waals surface area contributed by atoms with Crippen LogP contribution in [0.5, 0.6) is 11.5 Å². The molecule has 0 aliphatic carbocycles. The van der Waals surface area contributed by atoms with Crippen LogP contribution in [-0.2, 0) is 0 Å². The highest BCUT2D eigenvalue weighted by atomic mass is 79.9. The number of halogens is 2. The van der Waals surface area contributed by atoms with E-state index in [4.69, 9.17) is 21.1 Å². The van der Waals surface area contributed by atoms with Crippen LogP contribution in [0.25, 0.3) is 0 Å². The second-order valence-corrected chi connectivity index (χ2v) is 9.63. The maximum absolute atomic E-state index is 12.6. The molecule has 0 unspecified atom stereocenters. The third kappa shape index (κ3) is 7.78. The normalized spacial score (nSPS) is 10.7. The molecule has 2 N–H and O–H groups in total. The number of hydrogen-bond acceptors (Lipinski definition) is 6. The molecule has 202 valence electrons. The van der Waals surface area contributed by atoms with Crippen molar-refractivity contribution in [3.05, 3.63) is 123 Å². The highest BCUT2D eigenvalue weighted by molar-refractivity contribution is 9.10. The molecule has 0 saturated heterocycles. The Kier molecular flexibility index (Phi) is 9.66. The highest BCUT2D eigenvalue weighted by Gasteiger charge is 2.14. The number of anilines is 1. The third-order valence-electron chi connectivity index (χ3n) is 5.42. The number of amides is 2. The minimum Gasteiger partial charge on any atom is -0.490 e. The summed E-state index contributed by atoms with van der Waals surface area (Å²) in [5.74, 6) is -0.707. The first kappa shape index (κ1) is 28.5. The zero-order valence-corrected chi connectivity index (χ0v) is 23.5. The maximum atomic E-state index is 12.6. The molecule has 0 aliphatic rings. The molecular formula is C30H23BrClN3O5. The van der Waals surface area contributed by atoms with Crippen molar-refractivity contribution in [2.24, 2.45) is 5.10 Å². The van der Waals surface area contributed by atoms with Crippen molar-refractivity contribution in [2.45, 2.75) is 6.92 Å². The van der Waals surface area contributed by atoms with Crippen molar-refractivity contribution < 1.29 is 23.9 Å². The van der Waals surface area contributed by atoms with Gasteiger partial charge in [0, 0.05) is 26.3 Å². The number of carbonyl (C=O) groups excluding carboxylic acids is 3. The summed E-state index contributed by atoms with van der Waals surface area (Å²) in [5.41, 5.74) is 4.65. The average molecular weight is 621 g/mol. The minimum atomic E-state index is -0.520. The first-order valence-electron chi connectivity index (χ1n) is 12.1. The van der Waals surface area contributed by atoms with Gasteiger partial charge in [-0.3, -0.25) is 9.59 Å². The van der Waals surface area contributed by atoms with Gasteiger partial charge in [-0.05, 0) is 97.4 Å². The molecule has 4 rings (SSSR count). The Bertz CT molecular complexity index is 1560. The summed E-state index contributed by atoms with van der Waals surface area (Å²) in [6.07, 6.45) is 1.44. The van der Waals surface area contributed by atoms with E-state index in [0.717, 1.165) is 4.47 Å². The Morgan fingerprint density at radius 1 is 0.850 bits per heavy atom. The van der Waals surface area contributed by atoms with Gasteiger partial charge in [-0.2, -0.15) is 5.10 Å². The van der Waals surface area contributed by atoms with E-state index in [-0.39, 0.29) is 11.7 Å². The molecule has 0 heterocycles. The Balaban J connectivity index is 1.39. The van der Waals surface area contributed by atoms with Gasteiger partial charge in [0.2, 0.25) is 0 Å². The standard InChI is InChI=1S/C30H23BrClN3O5/c1-2-39-27-16-19(6-15-26(27)40-30(38)21-7-11-23(31)12-8-21)18-33-35-29(37)22-4-3-5-25(17-22)34-28(36)20-9-13-24(32)14-10-20/h3-18H,2H2,1H3,(H,34,36)(H,35,37). The molecule has 0 bridgehead atoms. The largest absolute Gasteiger partial charge is 0.490 e. The van der Waals surface area contributed by atoms with E-state index in [9.17, 15) is 14.4 Å². The average Bonchev–Trinajstić information content (AvgIpc) is 2.95. The van der Waals surface area contributed by atoms with E-state index in [1.54, 1.807) is 91.0 Å². The third-order valence-corrected chi connectivity index (χ3v) is 6.20. The van der Waals surface area contributed by atoms with Gasteiger partial charge in [-0.25, -0.2) is 10.2 Å². The Morgan fingerprint density at radius 2 is 1.57 bits per heavy atom. The van der Waals surface area contributed by atoms with Crippen LogP contribution in [0.2, 0.25) is 5.02 Å². The number of benzene rings is 4. The van der Waals surface area contributed by atoms with Gasteiger partial charge < -0.3 is 14.8 Å². The molecule has 4 aromatic carbocycles. The Hall–Kier alpha value is -4.47. The fraction of sp³-hybridized carbons (Fsp3) is 0.0667. The summed E-state index contributed by atoms with van der Waals surface area (Å²) in [6, 6.07) is 24.7. The quantitative estimate of drug-likeness (QED) is 0.0934. The summed E-state index contributed by atoms with van der Waals surface area (Å²) in [7, 11) is 0. The van der Waals surface area contributed by atoms with E-state index in [2.05, 4.69) is 31.8 Å². The van der Waals surface area contributed by atoms with Crippen molar-refractivity contribution in [3.63, 3.8) is 0 Å². The van der Waals surface area contributed by atoms with Crippen LogP contribution in [0.4, 0.5) is 5.69 Å². The Labute approximate surface area is 244 Å². The topological polar surface area (TPSA) is 106 Å². The molecule has 0 spiro atoms. The summed E-state index contributed by atoms with van der Waals surface area (Å²) in [5, 5.41) is 7.30. The van der Waals surface area contributed by atoms with E-state index >= 15 is 0 Å². The SMILES string of the molecule is CCOc1cc(C=NNC(=O)c2cccc(NC(=O)c3ccc(Cl)cc3)c2)ccc1OC(=O)c1ccc(Br)cc1. The van der Waals surface area contributed by atoms with Crippen LogP contribution in [-0.4, -0.2) is 30.6 Å². The van der Waals surface area contributed by atoms with Crippen LogP contribution in [0.1, 0.15) is 43.6 Å². The molecule has 8 nitrogen and oxygen atoms in total. The van der Waals surface area contributed by atoms with Gasteiger partial charge >= 0.3 is 5.97 Å². The number of nitrogens with one attached hydrogen (secondary N) is 2. The van der Waals surface area contributed by atoms with Gasteiger partial charge in [0.15, 0.2) is 11.5 Å². The molecule has 0 radical (unpaired) electrons. The fourth-order valence-electron chi connectivity index (χ4n) is 3.48. The van der Waals surface area contributed by atoms with Crippen molar-refractivity contribution in [1.82, 2.24) is 5.43 Å².